The van der Waals surface area contributed by atoms with Crippen LogP contribution >= 0.6 is 0 Å². The molecule has 1 saturated heterocycles. The lowest BCUT2D eigenvalue weighted by molar-refractivity contribution is -0.123. The van der Waals surface area contributed by atoms with Gasteiger partial charge in [-0.15, -0.1) is 0 Å². The third kappa shape index (κ3) is 5.11. The zero-order chi connectivity index (χ0) is 15.9. The quantitative estimate of drug-likeness (QED) is 0.873. The number of carbonyl (C=O) groups is 1. The Bertz CT molecular complexity index is 481. The highest BCUT2D eigenvalue weighted by molar-refractivity contribution is 5.78. The molecule has 0 aliphatic carbocycles. The second-order valence-corrected chi connectivity index (χ2v) is 6.36. The molecule has 1 aliphatic heterocycles. The summed E-state index contributed by atoms with van der Waals surface area (Å²) in [5, 5.41) is 3.04. The number of hydrogen-bond donors (Lipinski definition) is 1. The lowest BCUT2D eigenvalue weighted by atomic mass is 10.1. The number of nitrogens with one attached hydrogen (secondary N) is 1. The number of piperazine rings is 1. The molecule has 1 N–H and O–H groups in total. The van der Waals surface area contributed by atoms with E-state index in [0.717, 1.165) is 39.1 Å². The third-order valence-electron chi connectivity index (χ3n) is 4.51. The van der Waals surface area contributed by atoms with Crippen LogP contribution in [0.1, 0.15) is 31.4 Å². The van der Waals surface area contributed by atoms with Gasteiger partial charge in [0, 0.05) is 38.8 Å². The van der Waals surface area contributed by atoms with E-state index in [9.17, 15) is 4.79 Å². The molecular formula is C18H29N3O. The van der Waals surface area contributed by atoms with Gasteiger partial charge in [0.25, 0.3) is 0 Å². The number of rotatable bonds is 6. The SMILES string of the molecule is CCC(C)NC(=O)CN1CCN(Cc2ccccc2C)CC1. The summed E-state index contributed by atoms with van der Waals surface area (Å²) in [6, 6.07) is 8.85. The van der Waals surface area contributed by atoms with Gasteiger partial charge in [0.2, 0.25) is 5.91 Å². The average Bonchev–Trinajstić information content (AvgIpc) is 2.51. The summed E-state index contributed by atoms with van der Waals surface area (Å²) in [6.07, 6.45) is 0.982. The number of hydrogen-bond acceptors (Lipinski definition) is 3. The maximum atomic E-state index is 11.9. The first-order chi connectivity index (χ1) is 10.6. The largest absolute Gasteiger partial charge is 0.353 e. The second-order valence-electron chi connectivity index (χ2n) is 6.36. The zero-order valence-corrected chi connectivity index (χ0v) is 14.1. The van der Waals surface area contributed by atoms with E-state index in [1.807, 2.05) is 0 Å². The van der Waals surface area contributed by atoms with E-state index >= 15 is 0 Å². The molecule has 1 amide bonds. The van der Waals surface area contributed by atoms with Crippen LogP contribution in [-0.4, -0.2) is 54.5 Å². The van der Waals surface area contributed by atoms with E-state index in [1.54, 1.807) is 0 Å². The van der Waals surface area contributed by atoms with E-state index in [-0.39, 0.29) is 11.9 Å². The summed E-state index contributed by atoms with van der Waals surface area (Å²) in [5.41, 5.74) is 2.77. The first-order valence-electron chi connectivity index (χ1n) is 8.37. The van der Waals surface area contributed by atoms with Gasteiger partial charge >= 0.3 is 0 Å². The summed E-state index contributed by atoms with van der Waals surface area (Å²) in [5.74, 6) is 0.154. The van der Waals surface area contributed by atoms with Gasteiger partial charge in [0.15, 0.2) is 0 Å². The number of amides is 1. The van der Waals surface area contributed by atoms with Crippen molar-refractivity contribution in [2.24, 2.45) is 0 Å². The average molecular weight is 303 g/mol. The fraction of sp³-hybridized carbons (Fsp3) is 0.611. The molecule has 22 heavy (non-hydrogen) atoms. The highest BCUT2D eigenvalue weighted by Gasteiger charge is 2.19. The number of benzene rings is 1. The van der Waals surface area contributed by atoms with Gasteiger partial charge in [-0.25, -0.2) is 0 Å². The van der Waals surface area contributed by atoms with Crippen LogP contribution in [0.5, 0.6) is 0 Å². The fourth-order valence-corrected chi connectivity index (χ4v) is 2.76. The van der Waals surface area contributed by atoms with E-state index < -0.39 is 0 Å². The monoisotopic (exact) mass is 303 g/mol. The first-order valence-corrected chi connectivity index (χ1v) is 8.37. The summed E-state index contributed by atoms with van der Waals surface area (Å²) in [4.78, 5) is 16.7. The summed E-state index contributed by atoms with van der Waals surface area (Å²) < 4.78 is 0. The molecule has 1 aromatic rings. The minimum absolute atomic E-state index is 0.154. The topological polar surface area (TPSA) is 35.6 Å². The molecule has 4 heteroatoms. The number of aryl methyl sites for hydroxylation is 1. The number of nitrogens with zero attached hydrogens (tertiary/aromatic N) is 2. The Morgan fingerprint density at radius 2 is 1.82 bits per heavy atom. The normalized spacial score (nSPS) is 18.1. The lowest BCUT2D eigenvalue weighted by Gasteiger charge is -2.34. The Morgan fingerprint density at radius 1 is 1.18 bits per heavy atom. The Hall–Kier alpha value is -1.39. The van der Waals surface area contributed by atoms with Crippen molar-refractivity contribution < 1.29 is 4.79 Å². The van der Waals surface area contributed by atoms with E-state index in [0.29, 0.717) is 6.54 Å². The molecule has 122 valence electrons. The van der Waals surface area contributed by atoms with Crippen molar-refractivity contribution in [2.75, 3.05) is 32.7 Å². The second kappa shape index (κ2) is 8.30. The summed E-state index contributed by atoms with van der Waals surface area (Å²) in [7, 11) is 0. The maximum absolute atomic E-state index is 11.9. The molecule has 2 rings (SSSR count). The van der Waals surface area contributed by atoms with Crippen LogP contribution in [0.3, 0.4) is 0 Å². The minimum atomic E-state index is 0.154. The highest BCUT2D eigenvalue weighted by Crippen LogP contribution is 2.12. The van der Waals surface area contributed by atoms with Crippen molar-refractivity contribution in [1.29, 1.82) is 0 Å². The van der Waals surface area contributed by atoms with Crippen molar-refractivity contribution in [3.63, 3.8) is 0 Å². The van der Waals surface area contributed by atoms with Crippen molar-refractivity contribution >= 4 is 5.91 Å². The van der Waals surface area contributed by atoms with Gasteiger partial charge in [0.1, 0.15) is 0 Å². The van der Waals surface area contributed by atoms with Crippen LogP contribution in [0.25, 0.3) is 0 Å². The highest BCUT2D eigenvalue weighted by atomic mass is 16.2. The minimum Gasteiger partial charge on any atom is -0.353 e. The van der Waals surface area contributed by atoms with Gasteiger partial charge < -0.3 is 5.32 Å². The maximum Gasteiger partial charge on any atom is 0.234 e. The van der Waals surface area contributed by atoms with Gasteiger partial charge in [-0.2, -0.15) is 0 Å². The molecule has 1 fully saturated rings. The van der Waals surface area contributed by atoms with Gasteiger partial charge in [-0.05, 0) is 31.4 Å². The van der Waals surface area contributed by atoms with Crippen molar-refractivity contribution in [2.45, 2.75) is 39.8 Å². The van der Waals surface area contributed by atoms with Crippen LogP contribution in [-0.2, 0) is 11.3 Å². The molecule has 4 nitrogen and oxygen atoms in total. The van der Waals surface area contributed by atoms with Crippen LogP contribution in [0.15, 0.2) is 24.3 Å². The molecule has 1 atom stereocenters. The van der Waals surface area contributed by atoms with Gasteiger partial charge in [-0.3, -0.25) is 14.6 Å². The Balaban J connectivity index is 1.74. The van der Waals surface area contributed by atoms with E-state index in [2.05, 4.69) is 60.2 Å². The van der Waals surface area contributed by atoms with Gasteiger partial charge in [-0.1, -0.05) is 31.2 Å². The molecule has 1 aliphatic rings. The molecule has 1 unspecified atom stereocenters. The van der Waals surface area contributed by atoms with Crippen molar-refractivity contribution in [3.8, 4) is 0 Å². The summed E-state index contributed by atoms with van der Waals surface area (Å²) in [6.45, 7) is 11.9. The van der Waals surface area contributed by atoms with E-state index in [1.165, 1.54) is 11.1 Å². The smallest absolute Gasteiger partial charge is 0.234 e. The molecular weight excluding hydrogens is 274 g/mol. The third-order valence-corrected chi connectivity index (χ3v) is 4.51. The van der Waals surface area contributed by atoms with Crippen LogP contribution in [0.4, 0.5) is 0 Å². The Morgan fingerprint density at radius 3 is 2.45 bits per heavy atom. The standard InChI is InChI=1S/C18H29N3O/c1-4-16(3)19-18(22)14-21-11-9-20(10-12-21)13-17-8-6-5-7-15(17)2/h5-8,16H,4,9-14H2,1-3H3,(H,19,22). The summed E-state index contributed by atoms with van der Waals surface area (Å²) >= 11 is 0. The molecule has 1 heterocycles. The van der Waals surface area contributed by atoms with Crippen LogP contribution in [0, 0.1) is 6.92 Å². The molecule has 1 aromatic carbocycles. The van der Waals surface area contributed by atoms with Crippen molar-refractivity contribution in [3.05, 3.63) is 35.4 Å². The van der Waals surface area contributed by atoms with Crippen LogP contribution in [0.2, 0.25) is 0 Å². The first kappa shape index (κ1) is 17.0. The molecule has 0 radical (unpaired) electrons. The van der Waals surface area contributed by atoms with E-state index in [4.69, 9.17) is 0 Å². The Labute approximate surface area is 134 Å². The van der Waals surface area contributed by atoms with Crippen molar-refractivity contribution in [1.82, 2.24) is 15.1 Å². The predicted octanol–water partition coefficient (Wildman–Crippen LogP) is 2.03. The van der Waals surface area contributed by atoms with Gasteiger partial charge in [0.05, 0.1) is 6.54 Å². The molecule has 0 aromatic heterocycles. The molecule has 0 spiro atoms. The Kier molecular flexibility index (Phi) is 6.40. The zero-order valence-electron chi connectivity index (χ0n) is 14.1. The number of carbonyl (C=O) groups excluding carboxylic acids is 1. The fourth-order valence-electron chi connectivity index (χ4n) is 2.76. The molecule has 0 saturated carbocycles. The molecule has 0 bridgehead atoms. The van der Waals surface area contributed by atoms with Crippen LogP contribution < -0.4 is 5.32 Å². The predicted molar refractivity (Wildman–Crippen MR) is 90.8 cm³/mol. The lowest BCUT2D eigenvalue weighted by Crippen LogP contribution is -2.49.